The van der Waals surface area contributed by atoms with Crippen LogP contribution in [0.4, 0.5) is 0 Å². The van der Waals surface area contributed by atoms with Gasteiger partial charge < -0.3 is 19.5 Å². The first-order valence-corrected chi connectivity index (χ1v) is 11.4. The molecule has 1 amide bonds. The Bertz CT molecular complexity index is 924. The summed E-state index contributed by atoms with van der Waals surface area (Å²) in [7, 11) is -0.393. The number of aromatic nitrogens is 1. The Morgan fingerprint density at radius 3 is 2.80 bits per heavy atom. The molecule has 166 valence electrons. The summed E-state index contributed by atoms with van der Waals surface area (Å²) in [6, 6.07) is 1.17. The molecule has 0 unspecified atom stereocenters. The molecular weight excluding hydrogens is 410 g/mol. The molecule has 0 aliphatic carbocycles. The molecule has 2 heterocycles. The summed E-state index contributed by atoms with van der Waals surface area (Å²) in [4.78, 5) is 19.1. The molecule has 0 bridgehead atoms. The Hall–Kier alpha value is -2.19. The van der Waals surface area contributed by atoms with Crippen LogP contribution in [-0.4, -0.2) is 92.5 Å². The molecule has 0 aromatic carbocycles. The minimum Gasteiger partial charge on any atom is -0.472 e. The van der Waals surface area contributed by atoms with E-state index in [1.165, 1.54) is 24.7 Å². The van der Waals surface area contributed by atoms with Gasteiger partial charge in [-0.1, -0.05) is 18.8 Å². The number of methoxy groups -OCH3 is 1. The fourth-order valence-corrected chi connectivity index (χ4v) is 3.41. The lowest BCUT2D eigenvalue weighted by Crippen LogP contribution is -2.50. The minimum absolute atomic E-state index is 0.103. The average Bonchev–Trinajstić information content (AvgIpc) is 2.69. The number of amides is 1. The van der Waals surface area contributed by atoms with Gasteiger partial charge in [-0.05, 0) is 13.0 Å². The number of likely N-dealkylation sites (N-methyl/N-ethyl adjacent to an activating group) is 1. The normalized spacial score (nSPS) is 20.5. The molecule has 0 saturated carbocycles. The van der Waals surface area contributed by atoms with Crippen LogP contribution in [0, 0.1) is 17.8 Å². The van der Waals surface area contributed by atoms with E-state index >= 15 is 0 Å². The van der Waals surface area contributed by atoms with E-state index in [9.17, 15) is 18.3 Å². The zero-order valence-electron chi connectivity index (χ0n) is 18.0. The number of pyridine rings is 1. The maximum Gasteiger partial charge on any atom is 0.259 e. The average molecular weight is 440 g/mol. The van der Waals surface area contributed by atoms with Gasteiger partial charge in [-0.3, -0.25) is 4.79 Å². The topological polar surface area (TPSA) is 109 Å². The molecule has 0 saturated heterocycles. The van der Waals surface area contributed by atoms with Crippen LogP contribution in [0.3, 0.4) is 0 Å². The van der Waals surface area contributed by atoms with Crippen molar-refractivity contribution in [3.63, 3.8) is 0 Å². The van der Waals surface area contributed by atoms with Gasteiger partial charge in [0, 0.05) is 38.4 Å². The van der Waals surface area contributed by atoms with Crippen LogP contribution in [0.25, 0.3) is 0 Å². The number of fused-ring (bicyclic) bond motifs is 1. The van der Waals surface area contributed by atoms with Gasteiger partial charge >= 0.3 is 0 Å². The highest BCUT2D eigenvalue weighted by Gasteiger charge is 2.35. The number of aliphatic hydroxyl groups is 1. The summed E-state index contributed by atoms with van der Waals surface area (Å²) in [5.74, 6) is 5.28. The Labute approximate surface area is 178 Å². The zero-order chi connectivity index (χ0) is 22.5. The number of sulfonamides is 1. The number of aliphatic hydroxyl groups excluding tert-OH is 1. The van der Waals surface area contributed by atoms with Crippen molar-refractivity contribution >= 4 is 15.9 Å². The molecule has 9 nitrogen and oxygen atoms in total. The highest BCUT2D eigenvalue weighted by Crippen LogP contribution is 2.27. The fraction of sp³-hybridized carbons (Fsp3) is 0.600. The van der Waals surface area contributed by atoms with Crippen LogP contribution < -0.4 is 4.74 Å². The van der Waals surface area contributed by atoms with E-state index in [-0.39, 0.29) is 43.0 Å². The summed E-state index contributed by atoms with van der Waals surface area (Å²) < 4.78 is 35.9. The van der Waals surface area contributed by atoms with Crippen molar-refractivity contribution in [3.8, 4) is 17.7 Å². The SMILES string of the molecule is COCC#Cc1cnc2c(c1)C(=O)N([C@H](C)CO)C[C@H](C)[C@H](CN(C)S(C)(=O)=O)O2. The lowest BCUT2D eigenvalue weighted by molar-refractivity contribution is 0.0373. The monoisotopic (exact) mass is 439 g/mol. The largest absolute Gasteiger partial charge is 0.472 e. The lowest BCUT2D eigenvalue weighted by atomic mass is 10.0. The van der Waals surface area contributed by atoms with Gasteiger partial charge in [-0.25, -0.2) is 17.7 Å². The van der Waals surface area contributed by atoms with E-state index in [1.54, 1.807) is 17.9 Å². The molecule has 1 aromatic rings. The molecule has 10 heteroatoms. The van der Waals surface area contributed by atoms with Crippen molar-refractivity contribution < 1.29 is 27.8 Å². The van der Waals surface area contributed by atoms with Gasteiger partial charge in [0.2, 0.25) is 15.9 Å². The van der Waals surface area contributed by atoms with Crippen molar-refractivity contribution in [1.29, 1.82) is 0 Å². The maximum atomic E-state index is 13.2. The Kier molecular flexibility index (Phi) is 8.20. The van der Waals surface area contributed by atoms with Crippen molar-refractivity contribution in [1.82, 2.24) is 14.2 Å². The predicted molar refractivity (Wildman–Crippen MR) is 112 cm³/mol. The molecule has 1 aliphatic heterocycles. The Morgan fingerprint density at radius 1 is 1.50 bits per heavy atom. The van der Waals surface area contributed by atoms with Gasteiger partial charge in [-0.15, -0.1) is 0 Å². The van der Waals surface area contributed by atoms with Crippen LogP contribution in [0.5, 0.6) is 5.88 Å². The third-order valence-electron chi connectivity index (χ3n) is 4.97. The van der Waals surface area contributed by atoms with E-state index in [4.69, 9.17) is 9.47 Å². The number of ether oxygens (including phenoxy) is 2. The summed E-state index contributed by atoms with van der Waals surface area (Å²) >= 11 is 0. The molecule has 3 atom stereocenters. The summed E-state index contributed by atoms with van der Waals surface area (Å²) in [5.41, 5.74) is 0.746. The fourth-order valence-electron chi connectivity index (χ4n) is 2.99. The van der Waals surface area contributed by atoms with Gasteiger partial charge in [0.25, 0.3) is 5.91 Å². The molecule has 1 aromatic heterocycles. The molecule has 0 spiro atoms. The van der Waals surface area contributed by atoms with Crippen molar-refractivity contribution in [2.24, 2.45) is 5.92 Å². The Morgan fingerprint density at radius 2 is 2.20 bits per heavy atom. The standard InChI is InChI=1S/C20H29N3O6S/c1-14-11-23(15(2)13-24)20(25)17-9-16(7-6-8-28-4)10-21-19(17)29-18(14)12-22(3)30(5,26)27/h9-10,14-15,18,24H,8,11-13H2,1-5H3/t14-,15+,18-/m0/s1. The highest BCUT2D eigenvalue weighted by atomic mass is 32.2. The second-order valence-corrected chi connectivity index (χ2v) is 9.57. The van der Waals surface area contributed by atoms with Gasteiger partial charge in [0.15, 0.2) is 0 Å². The predicted octanol–water partition coefficient (Wildman–Crippen LogP) is 0.191. The Balaban J connectivity index is 2.49. The van der Waals surface area contributed by atoms with Crippen molar-refractivity contribution in [2.45, 2.75) is 26.0 Å². The van der Waals surface area contributed by atoms with Gasteiger partial charge in [0.1, 0.15) is 18.3 Å². The molecule has 0 fully saturated rings. The van der Waals surface area contributed by atoms with E-state index in [0.29, 0.717) is 12.1 Å². The van der Waals surface area contributed by atoms with Crippen molar-refractivity contribution in [2.75, 3.05) is 46.7 Å². The number of carbonyl (C=O) groups is 1. The number of nitrogens with zero attached hydrogens (tertiary/aromatic N) is 3. The van der Waals surface area contributed by atoms with Crippen LogP contribution in [0.1, 0.15) is 29.8 Å². The zero-order valence-corrected chi connectivity index (χ0v) is 18.8. The first-order chi connectivity index (χ1) is 14.1. The molecular formula is C20H29N3O6S. The molecule has 1 N–H and O–H groups in total. The quantitative estimate of drug-likeness (QED) is 0.630. The molecule has 1 aliphatic rings. The second kappa shape index (κ2) is 10.2. The first kappa shape index (κ1) is 24.1. The summed E-state index contributed by atoms with van der Waals surface area (Å²) in [6.07, 6.45) is 2.09. The van der Waals surface area contributed by atoms with Gasteiger partial charge in [0.05, 0.1) is 25.4 Å². The highest BCUT2D eigenvalue weighted by molar-refractivity contribution is 7.88. The van der Waals surface area contributed by atoms with Crippen LogP contribution in [0.2, 0.25) is 0 Å². The molecule has 0 radical (unpaired) electrons. The van der Waals surface area contributed by atoms with Crippen LogP contribution in [0.15, 0.2) is 12.3 Å². The van der Waals surface area contributed by atoms with Crippen LogP contribution >= 0.6 is 0 Å². The number of hydrogen-bond acceptors (Lipinski definition) is 7. The number of hydrogen-bond donors (Lipinski definition) is 1. The van der Waals surface area contributed by atoms with E-state index < -0.39 is 22.2 Å². The number of carbonyl (C=O) groups excluding carboxylic acids is 1. The summed E-state index contributed by atoms with van der Waals surface area (Å²) in [5, 5.41) is 9.65. The maximum absolute atomic E-state index is 13.2. The minimum atomic E-state index is -3.41. The summed E-state index contributed by atoms with van der Waals surface area (Å²) in [6.45, 7) is 4.06. The van der Waals surface area contributed by atoms with E-state index in [0.717, 1.165) is 6.26 Å². The third-order valence-corrected chi connectivity index (χ3v) is 6.25. The van der Waals surface area contributed by atoms with Gasteiger partial charge in [-0.2, -0.15) is 0 Å². The lowest BCUT2D eigenvalue weighted by Gasteiger charge is -2.37. The van der Waals surface area contributed by atoms with Crippen molar-refractivity contribution in [3.05, 3.63) is 23.4 Å². The van der Waals surface area contributed by atoms with E-state index in [1.807, 2.05) is 6.92 Å². The molecule has 2 rings (SSSR count). The number of rotatable bonds is 6. The van der Waals surface area contributed by atoms with Crippen LogP contribution in [-0.2, 0) is 14.8 Å². The third kappa shape index (κ3) is 5.92. The molecule has 30 heavy (non-hydrogen) atoms. The smallest absolute Gasteiger partial charge is 0.259 e. The second-order valence-electron chi connectivity index (χ2n) is 7.48. The van der Waals surface area contributed by atoms with E-state index in [2.05, 4.69) is 16.8 Å². The first-order valence-electron chi connectivity index (χ1n) is 9.56.